The molecule has 25 heavy (non-hydrogen) atoms. The number of sulfone groups is 1. The highest BCUT2D eigenvalue weighted by atomic mass is 32.2. The highest BCUT2D eigenvalue weighted by Gasteiger charge is 2.42. The van der Waals surface area contributed by atoms with Gasteiger partial charge < -0.3 is 9.42 Å². The zero-order valence-electron chi connectivity index (χ0n) is 14.3. The van der Waals surface area contributed by atoms with Crippen molar-refractivity contribution in [3.8, 4) is 0 Å². The monoisotopic (exact) mass is 363 g/mol. The molecule has 0 bridgehead atoms. The van der Waals surface area contributed by atoms with Gasteiger partial charge in [-0.15, -0.1) is 0 Å². The minimum atomic E-state index is -3.76. The minimum Gasteiger partial charge on any atom is -0.344 e. The smallest absolute Gasteiger partial charge is 0.265 e. The van der Waals surface area contributed by atoms with Crippen LogP contribution < -0.4 is 4.90 Å². The first kappa shape index (κ1) is 17.6. The van der Waals surface area contributed by atoms with Crippen molar-refractivity contribution >= 4 is 21.6 Å². The summed E-state index contributed by atoms with van der Waals surface area (Å²) in [5, 5.41) is 2.83. The second-order valence-electron chi connectivity index (χ2n) is 6.50. The van der Waals surface area contributed by atoms with Gasteiger partial charge >= 0.3 is 0 Å². The van der Waals surface area contributed by atoms with Gasteiger partial charge in [-0.05, 0) is 36.0 Å². The molecule has 1 heterocycles. The number of carbonyl (C=O) groups excluding carboxylic acids is 1. The lowest BCUT2D eigenvalue weighted by atomic mass is 9.86. The summed E-state index contributed by atoms with van der Waals surface area (Å²) in [4.78, 5) is 18.0. The van der Waals surface area contributed by atoms with E-state index in [2.05, 4.69) is 10.1 Å². The highest BCUT2D eigenvalue weighted by molar-refractivity contribution is 7.91. The Hall–Kier alpha value is -2.22. The molecule has 1 aliphatic rings. The van der Waals surface area contributed by atoms with E-state index >= 15 is 0 Å². The Balaban J connectivity index is 2.06. The summed E-state index contributed by atoms with van der Waals surface area (Å²) in [5.41, 5.74) is 0. The molecule has 2 atom stereocenters. The Bertz CT molecular complexity index is 846. The van der Waals surface area contributed by atoms with Crippen molar-refractivity contribution in [2.75, 3.05) is 19.0 Å². The number of Topliss-reactive ketones (excluding diaryl/α,β-unsaturated/α-hetero) is 1. The van der Waals surface area contributed by atoms with Gasteiger partial charge in [0.2, 0.25) is 5.89 Å². The molecule has 2 unspecified atom stereocenters. The van der Waals surface area contributed by atoms with Crippen LogP contribution in [0.25, 0.3) is 0 Å². The first-order valence-corrected chi connectivity index (χ1v) is 9.76. The fourth-order valence-corrected chi connectivity index (χ4v) is 5.12. The van der Waals surface area contributed by atoms with E-state index in [0.29, 0.717) is 25.2 Å². The number of nitrogens with zero attached hydrogens (tertiary/aromatic N) is 3. The SMILES string of the molecule is CN(C)c1noc(C(C2CCCC(=O)C2)S(=O)(=O)c2ccccc2)n1. The van der Waals surface area contributed by atoms with Crippen LogP contribution in [0.4, 0.5) is 5.95 Å². The van der Waals surface area contributed by atoms with Gasteiger partial charge in [-0.25, -0.2) is 8.42 Å². The summed E-state index contributed by atoms with van der Waals surface area (Å²) >= 11 is 0. The fraction of sp³-hybridized carbons (Fsp3) is 0.471. The maximum absolute atomic E-state index is 13.3. The molecule has 0 saturated heterocycles. The van der Waals surface area contributed by atoms with Crippen LogP contribution in [-0.2, 0) is 14.6 Å². The van der Waals surface area contributed by atoms with E-state index in [0.717, 1.165) is 0 Å². The molecule has 0 amide bonds. The summed E-state index contributed by atoms with van der Waals surface area (Å²) in [7, 11) is -0.258. The fourth-order valence-electron chi connectivity index (χ4n) is 3.19. The van der Waals surface area contributed by atoms with Gasteiger partial charge in [0.05, 0.1) is 4.90 Å². The number of anilines is 1. The third kappa shape index (κ3) is 3.58. The van der Waals surface area contributed by atoms with Crippen molar-refractivity contribution in [3.63, 3.8) is 0 Å². The van der Waals surface area contributed by atoms with Crippen LogP contribution in [-0.4, -0.2) is 38.4 Å². The van der Waals surface area contributed by atoms with Crippen LogP contribution in [0.15, 0.2) is 39.8 Å². The number of aromatic nitrogens is 2. The molecule has 0 aliphatic heterocycles. The van der Waals surface area contributed by atoms with E-state index in [1.165, 1.54) is 0 Å². The molecule has 0 spiro atoms. The van der Waals surface area contributed by atoms with Crippen molar-refractivity contribution in [2.24, 2.45) is 5.92 Å². The lowest BCUT2D eigenvalue weighted by molar-refractivity contribution is -0.121. The summed E-state index contributed by atoms with van der Waals surface area (Å²) in [6, 6.07) is 8.21. The van der Waals surface area contributed by atoms with E-state index in [-0.39, 0.29) is 28.9 Å². The summed E-state index contributed by atoms with van der Waals surface area (Å²) < 4.78 is 31.8. The number of hydrogen-bond donors (Lipinski definition) is 0. The summed E-state index contributed by atoms with van der Waals surface area (Å²) in [6.07, 6.45) is 2.04. The Kier molecular flexibility index (Phi) is 4.89. The lowest BCUT2D eigenvalue weighted by Gasteiger charge is -2.27. The molecular weight excluding hydrogens is 342 g/mol. The molecule has 7 nitrogen and oxygen atoms in total. The average molecular weight is 363 g/mol. The zero-order valence-corrected chi connectivity index (χ0v) is 15.1. The zero-order chi connectivity index (χ0) is 18.0. The first-order valence-electron chi connectivity index (χ1n) is 8.21. The average Bonchev–Trinajstić information content (AvgIpc) is 3.05. The van der Waals surface area contributed by atoms with Crippen molar-refractivity contribution in [3.05, 3.63) is 36.2 Å². The van der Waals surface area contributed by atoms with Gasteiger partial charge in [0.15, 0.2) is 9.84 Å². The van der Waals surface area contributed by atoms with Crippen molar-refractivity contribution in [2.45, 2.75) is 35.8 Å². The van der Waals surface area contributed by atoms with Crippen LogP contribution in [0.2, 0.25) is 0 Å². The number of carbonyl (C=O) groups is 1. The standard InChI is InChI=1S/C17H21N3O4S/c1-20(2)17-18-16(24-19-17)15(12-7-6-8-13(21)11-12)25(22,23)14-9-4-3-5-10-14/h3-5,9-10,12,15H,6-8,11H2,1-2H3. The maximum Gasteiger partial charge on any atom is 0.265 e. The van der Waals surface area contributed by atoms with Crippen LogP contribution in [0, 0.1) is 5.92 Å². The Morgan fingerprint density at radius 1 is 1.24 bits per heavy atom. The molecule has 2 aromatic rings. The number of benzene rings is 1. The Labute approximate surface area is 146 Å². The topological polar surface area (TPSA) is 93.4 Å². The van der Waals surface area contributed by atoms with Crippen LogP contribution in [0.5, 0.6) is 0 Å². The van der Waals surface area contributed by atoms with Crippen LogP contribution >= 0.6 is 0 Å². The minimum absolute atomic E-state index is 0.0484. The molecule has 0 radical (unpaired) electrons. The van der Waals surface area contributed by atoms with E-state index in [9.17, 15) is 13.2 Å². The van der Waals surface area contributed by atoms with Gasteiger partial charge in [-0.3, -0.25) is 4.79 Å². The molecule has 1 saturated carbocycles. The van der Waals surface area contributed by atoms with Crippen molar-refractivity contribution in [1.82, 2.24) is 10.1 Å². The largest absolute Gasteiger partial charge is 0.344 e. The van der Waals surface area contributed by atoms with Gasteiger partial charge in [0.1, 0.15) is 11.0 Å². The number of rotatable bonds is 5. The molecule has 1 aromatic heterocycles. The predicted octanol–water partition coefficient (Wildman–Crippen LogP) is 2.41. The number of hydrogen-bond acceptors (Lipinski definition) is 7. The van der Waals surface area contributed by atoms with Crippen molar-refractivity contribution < 1.29 is 17.7 Å². The highest BCUT2D eigenvalue weighted by Crippen LogP contribution is 2.41. The van der Waals surface area contributed by atoms with Gasteiger partial charge in [0.25, 0.3) is 5.95 Å². The Morgan fingerprint density at radius 3 is 2.56 bits per heavy atom. The predicted molar refractivity (Wildman–Crippen MR) is 92.0 cm³/mol. The second kappa shape index (κ2) is 6.95. The molecule has 1 fully saturated rings. The number of ketones is 1. The molecule has 1 aliphatic carbocycles. The summed E-state index contributed by atoms with van der Waals surface area (Å²) in [5.74, 6) is 0.0800. The molecule has 134 valence electrons. The van der Waals surface area contributed by atoms with E-state index in [1.807, 2.05) is 0 Å². The van der Waals surface area contributed by atoms with Crippen LogP contribution in [0.3, 0.4) is 0 Å². The normalized spacial score (nSPS) is 19.6. The lowest BCUT2D eigenvalue weighted by Crippen LogP contribution is -2.28. The molecule has 8 heteroatoms. The van der Waals surface area contributed by atoms with E-state index < -0.39 is 15.1 Å². The third-order valence-corrected chi connectivity index (χ3v) is 6.61. The third-order valence-electron chi connectivity index (χ3n) is 4.43. The second-order valence-corrected chi connectivity index (χ2v) is 8.57. The van der Waals surface area contributed by atoms with Gasteiger partial charge in [0, 0.05) is 26.9 Å². The first-order chi connectivity index (χ1) is 11.9. The Morgan fingerprint density at radius 2 is 1.96 bits per heavy atom. The van der Waals surface area contributed by atoms with E-state index in [1.54, 1.807) is 49.3 Å². The molecule has 1 aromatic carbocycles. The van der Waals surface area contributed by atoms with Gasteiger partial charge in [-0.1, -0.05) is 18.2 Å². The van der Waals surface area contributed by atoms with Crippen molar-refractivity contribution in [1.29, 1.82) is 0 Å². The van der Waals surface area contributed by atoms with Gasteiger partial charge in [-0.2, -0.15) is 4.98 Å². The molecular formula is C17H21N3O4S. The van der Waals surface area contributed by atoms with E-state index in [4.69, 9.17) is 4.52 Å². The van der Waals surface area contributed by atoms with Crippen LogP contribution in [0.1, 0.15) is 36.8 Å². The summed E-state index contributed by atoms with van der Waals surface area (Å²) in [6.45, 7) is 0. The molecule has 0 N–H and O–H groups in total. The quantitative estimate of drug-likeness (QED) is 0.805. The maximum atomic E-state index is 13.3. The molecule has 3 rings (SSSR count).